The third-order valence-electron chi connectivity index (χ3n) is 1.67. The molecule has 1 rings (SSSR count). The van der Waals surface area contributed by atoms with Crippen molar-refractivity contribution in [1.82, 2.24) is 4.98 Å². The van der Waals surface area contributed by atoms with Crippen LogP contribution >= 0.6 is 22.9 Å². The molecule has 0 N–H and O–H groups in total. The van der Waals surface area contributed by atoms with Crippen molar-refractivity contribution in [2.75, 3.05) is 6.61 Å². The highest BCUT2D eigenvalue weighted by Crippen LogP contribution is 2.28. The van der Waals surface area contributed by atoms with E-state index in [0.717, 1.165) is 4.88 Å². The van der Waals surface area contributed by atoms with E-state index in [9.17, 15) is 4.79 Å². The number of aromatic nitrogens is 1. The van der Waals surface area contributed by atoms with Crippen LogP contribution in [0.4, 0.5) is 0 Å². The predicted octanol–water partition coefficient (Wildman–Crippen LogP) is 2.77. The van der Waals surface area contributed by atoms with Crippen molar-refractivity contribution in [3.8, 4) is 0 Å². The largest absolute Gasteiger partial charge is 0.466 e. The molecule has 1 heterocycles. The lowest BCUT2D eigenvalue weighted by Crippen LogP contribution is -2.04. The molecule has 0 radical (unpaired) electrons. The van der Waals surface area contributed by atoms with Gasteiger partial charge < -0.3 is 4.74 Å². The van der Waals surface area contributed by atoms with Gasteiger partial charge in [-0.25, -0.2) is 0 Å². The zero-order chi connectivity index (χ0) is 10.4. The second-order valence-electron chi connectivity index (χ2n) is 2.72. The molecule has 0 aliphatic carbocycles. The summed E-state index contributed by atoms with van der Waals surface area (Å²) in [7, 11) is 0. The summed E-state index contributed by atoms with van der Waals surface area (Å²) in [5.74, 6) is -0.192. The summed E-state index contributed by atoms with van der Waals surface area (Å²) in [6.07, 6.45) is 2.69. The second-order valence-corrected chi connectivity index (χ2v) is 4.16. The van der Waals surface area contributed by atoms with Crippen molar-refractivity contribution in [1.29, 1.82) is 0 Å². The van der Waals surface area contributed by atoms with Gasteiger partial charge in [0.15, 0.2) is 0 Å². The highest BCUT2D eigenvalue weighted by Gasteiger charge is 2.12. The monoisotopic (exact) mass is 233 g/mol. The van der Waals surface area contributed by atoms with E-state index in [0.29, 0.717) is 19.4 Å². The number of esters is 1. The number of rotatable bonds is 5. The topological polar surface area (TPSA) is 39.2 Å². The molecular weight excluding hydrogens is 222 g/mol. The first-order valence-electron chi connectivity index (χ1n) is 4.42. The lowest BCUT2D eigenvalue weighted by molar-refractivity contribution is -0.143. The fourth-order valence-corrected chi connectivity index (χ4v) is 1.95. The number of ether oxygens (including phenoxy) is 1. The molecule has 0 fully saturated rings. The maximum atomic E-state index is 11.0. The summed E-state index contributed by atoms with van der Waals surface area (Å²) in [5, 5.41) is -0.132. The minimum Gasteiger partial charge on any atom is -0.466 e. The van der Waals surface area contributed by atoms with Gasteiger partial charge in [-0.1, -0.05) is 0 Å². The highest BCUT2D eigenvalue weighted by atomic mass is 35.5. The molecule has 0 saturated carbocycles. The van der Waals surface area contributed by atoms with Gasteiger partial charge in [0.1, 0.15) is 0 Å². The summed E-state index contributed by atoms with van der Waals surface area (Å²) in [6, 6.07) is 0. The van der Waals surface area contributed by atoms with Crippen molar-refractivity contribution in [3.63, 3.8) is 0 Å². The van der Waals surface area contributed by atoms with E-state index in [1.54, 1.807) is 18.6 Å². The van der Waals surface area contributed by atoms with Gasteiger partial charge >= 0.3 is 5.97 Å². The predicted molar refractivity (Wildman–Crippen MR) is 56.6 cm³/mol. The smallest absolute Gasteiger partial charge is 0.305 e. The number of nitrogens with zero attached hydrogens (tertiary/aromatic N) is 1. The Morgan fingerprint density at radius 2 is 2.57 bits per heavy atom. The number of hydrogen-bond acceptors (Lipinski definition) is 4. The second kappa shape index (κ2) is 5.98. The summed E-state index contributed by atoms with van der Waals surface area (Å²) in [4.78, 5) is 15.9. The molecule has 1 atom stereocenters. The molecule has 0 spiro atoms. The van der Waals surface area contributed by atoms with Crippen LogP contribution in [0.2, 0.25) is 0 Å². The molecule has 0 amide bonds. The molecule has 5 heteroatoms. The minimum atomic E-state index is -0.192. The zero-order valence-corrected chi connectivity index (χ0v) is 9.48. The number of hydrogen-bond donors (Lipinski definition) is 0. The van der Waals surface area contributed by atoms with Crippen LogP contribution in [0.25, 0.3) is 0 Å². The molecule has 0 aliphatic rings. The third-order valence-corrected chi connectivity index (χ3v) is 3.14. The highest BCUT2D eigenvalue weighted by molar-refractivity contribution is 7.09. The van der Waals surface area contributed by atoms with Crippen LogP contribution in [0, 0.1) is 0 Å². The van der Waals surface area contributed by atoms with Gasteiger partial charge in [-0.15, -0.1) is 22.9 Å². The average molecular weight is 234 g/mol. The van der Waals surface area contributed by atoms with Gasteiger partial charge in [0.05, 0.1) is 17.5 Å². The van der Waals surface area contributed by atoms with Gasteiger partial charge in [0, 0.05) is 17.5 Å². The van der Waals surface area contributed by atoms with Crippen molar-refractivity contribution in [2.45, 2.75) is 25.1 Å². The van der Waals surface area contributed by atoms with E-state index in [2.05, 4.69) is 4.98 Å². The van der Waals surface area contributed by atoms with Crippen molar-refractivity contribution < 1.29 is 9.53 Å². The Morgan fingerprint density at radius 3 is 3.14 bits per heavy atom. The van der Waals surface area contributed by atoms with Gasteiger partial charge in [0.25, 0.3) is 0 Å². The zero-order valence-electron chi connectivity index (χ0n) is 7.90. The van der Waals surface area contributed by atoms with Crippen LogP contribution in [0.15, 0.2) is 11.7 Å². The Kier molecular flexibility index (Phi) is 4.90. The van der Waals surface area contributed by atoms with Crippen LogP contribution in [-0.2, 0) is 9.53 Å². The Bertz CT molecular complexity index is 276. The van der Waals surface area contributed by atoms with Crippen LogP contribution in [0.1, 0.15) is 30.0 Å². The van der Waals surface area contributed by atoms with E-state index < -0.39 is 0 Å². The van der Waals surface area contributed by atoms with Gasteiger partial charge in [-0.3, -0.25) is 9.78 Å². The SMILES string of the molecule is CCOC(=O)CCC(Cl)c1cncs1. The fraction of sp³-hybridized carbons (Fsp3) is 0.556. The standard InChI is InChI=1S/C9H12ClNO2S/c1-2-13-9(12)4-3-7(10)8-5-11-6-14-8/h5-7H,2-4H2,1H3. The maximum absolute atomic E-state index is 11.0. The lowest BCUT2D eigenvalue weighted by atomic mass is 10.2. The lowest BCUT2D eigenvalue weighted by Gasteiger charge is -2.05. The molecule has 3 nitrogen and oxygen atoms in total. The molecule has 0 aliphatic heterocycles. The van der Waals surface area contributed by atoms with Gasteiger partial charge in [-0.2, -0.15) is 0 Å². The Labute approximate surface area is 92.1 Å². The molecule has 0 saturated heterocycles. The van der Waals surface area contributed by atoms with Crippen molar-refractivity contribution in [3.05, 3.63) is 16.6 Å². The fourth-order valence-electron chi connectivity index (χ4n) is 1.00. The third kappa shape index (κ3) is 3.64. The first-order valence-corrected chi connectivity index (χ1v) is 5.73. The van der Waals surface area contributed by atoms with Crippen molar-refractivity contribution >= 4 is 28.9 Å². The number of carbonyl (C=O) groups is 1. The first kappa shape index (κ1) is 11.5. The molecule has 14 heavy (non-hydrogen) atoms. The van der Waals surface area contributed by atoms with Crippen molar-refractivity contribution in [2.24, 2.45) is 0 Å². The molecule has 1 aromatic rings. The molecule has 1 aromatic heterocycles. The summed E-state index contributed by atoms with van der Waals surface area (Å²) >= 11 is 7.56. The van der Waals surface area contributed by atoms with Gasteiger partial charge in [-0.05, 0) is 13.3 Å². The average Bonchev–Trinajstić information content (AvgIpc) is 2.67. The van der Waals surface area contributed by atoms with E-state index in [-0.39, 0.29) is 11.3 Å². The molecular formula is C9H12ClNO2S. The summed E-state index contributed by atoms with van der Waals surface area (Å²) in [6.45, 7) is 2.21. The Hall–Kier alpha value is -0.610. The van der Waals surface area contributed by atoms with Crippen LogP contribution in [-0.4, -0.2) is 17.6 Å². The summed E-state index contributed by atoms with van der Waals surface area (Å²) < 4.78 is 4.80. The van der Waals surface area contributed by atoms with E-state index >= 15 is 0 Å². The number of thiazole rings is 1. The number of alkyl halides is 1. The van der Waals surface area contributed by atoms with E-state index in [1.165, 1.54) is 11.3 Å². The number of halogens is 1. The maximum Gasteiger partial charge on any atom is 0.305 e. The Balaban J connectivity index is 2.28. The van der Waals surface area contributed by atoms with E-state index in [4.69, 9.17) is 16.3 Å². The molecule has 1 unspecified atom stereocenters. The first-order chi connectivity index (χ1) is 6.74. The van der Waals surface area contributed by atoms with Crippen LogP contribution in [0.5, 0.6) is 0 Å². The molecule has 78 valence electrons. The molecule has 0 aromatic carbocycles. The minimum absolute atomic E-state index is 0.132. The van der Waals surface area contributed by atoms with Gasteiger partial charge in [0.2, 0.25) is 0 Å². The normalized spacial score (nSPS) is 12.4. The number of carbonyl (C=O) groups excluding carboxylic acids is 1. The Morgan fingerprint density at radius 1 is 1.79 bits per heavy atom. The molecule has 0 bridgehead atoms. The van der Waals surface area contributed by atoms with E-state index in [1.807, 2.05) is 0 Å². The van der Waals surface area contributed by atoms with Crippen LogP contribution in [0.3, 0.4) is 0 Å². The summed E-state index contributed by atoms with van der Waals surface area (Å²) in [5.41, 5.74) is 1.73. The van der Waals surface area contributed by atoms with Crippen LogP contribution < -0.4 is 0 Å². The quantitative estimate of drug-likeness (QED) is 0.580.